The van der Waals surface area contributed by atoms with E-state index in [1.165, 1.54) is 0 Å². The Hall–Kier alpha value is -1.79. The van der Waals surface area contributed by atoms with Crippen molar-refractivity contribution in [2.45, 2.75) is 44.9 Å². The highest BCUT2D eigenvalue weighted by Crippen LogP contribution is 2.33. The molecule has 0 heterocycles. The van der Waals surface area contributed by atoms with Crippen LogP contribution in [0.4, 0.5) is 4.79 Å². The summed E-state index contributed by atoms with van der Waals surface area (Å²) in [6, 6.07) is 6.74. The first kappa shape index (κ1) is 23.5. The Kier molecular flexibility index (Phi) is 9.74. The zero-order valence-electron chi connectivity index (χ0n) is 17.5. The molecule has 6 nitrogen and oxygen atoms in total. The number of nitrogens with zero attached hydrogens (tertiary/aromatic N) is 2. The van der Waals surface area contributed by atoms with Gasteiger partial charge >= 0.3 is 6.09 Å². The molecule has 0 saturated heterocycles. The highest BCUT2D eigenvalue weighted by atomic mass is 35.5. The number of halogens is 1. The number of hydrogen-bond donors (Lipinski definition) is 1. The van der Waals surface area contributed by atoms with E-state index in [1.54, 1.807) is 41.1 Å². The minimum atomic E-state index is -0.363. The molecule has 0 bridgehead atoms. The molecule has 0 aromatic heterocycles. The van der Waals surface area contributed by atoms with Crippen molar-refractivity contribution in [3.05, 3.63) is 29.3 Å². The lowest BCUT2D eigenvalue weighted by Crippen LogP contribution is -2.33. The Morgan fingerprint density at radius 1 is 1.03 bits per heavy atom. The number of amides is 2. The van der Waals surface area contributed by atoms with Crippen LogP contribution >= 0.6 is 11.6 Å². The normalized spacial score (nSPS) is 18.9. The van der Waals surface area contributed by atoms with E-state index in [0.29, 0.717) is 48.5 Å². The highest BCUT2D eigenvalue weighted by molar-refractivity contribution is 6.30. The third kappa shape index (κ3) is 8.23. The van der Waals surface area contributed by atoms with Crippen LogP contribution in [0, 0.1) is 11.8 Å². The van der Waals surface area contributed by atoms with Crippen LogP contribution in [0.1, 0.15) is 44.9 Å². The summed E-state index contributed by atoms with van der Waals surface area (Å²) in [6.45, 7) is 1.39. The lowest BCUT2D eigenvalue weighted by Gasteiger charge is -2.30. The van der Waals surface area contributed by atoms with Crippen molar-refractivity contribution in [3.8, 4) is 5.75 Å². The predicted octanol–water partition coefficient (Wildman–Crippen LogP) is 4.20. The molecular weight excluding hydrogens is 392 g/mol. The van der Waals surface area contributed by atoms with Gasteiger partial charge in [-0.05, 0) is 61.8 Å². The summed E-state index contributed by atoms with van der Waals surface area (Å²) in [5, 5.41) is 9.48. The van der Waals surface area contributed by atoms with E-state index < -0.39 is 0 Å². The maximum Gasteiger partial charge on any atom is 0.414 e. The fourth-order valence-corrected chi connectivity index (χ4v) is 3.83. The Morgan fingerprint density at radius 2 is 1.66 bits per heavy atom. The van der Waals surface area contributed by atoms with Gasteiger partial charge in [0.25, 0.3) is 0 Å². The van der Waals surface area contributed by atoms with Crippen molar-refractivity contribution in [1.82, 2.24) is 9.80 Å². The molecule has 162 valence electrons. The summed E-state index contributed by atoms with van der Waals surface area (Å²) < 4.78 is 5.35. The molecule has 1 saturated carbocycles. The lowest BCUT2D eigenvalue weighted by atomic mass is 9.79. The molecule has 7 heteroatoms. The van der Waals surface area contributed by atoms with Crippen molar-refractivity contribution in [1.29, 1.82) is 0 Å². The van der Waals surface area contributed by atoms with Crippen LogP contribution in [0.5, 0.6) is 5.75 Å². The van der Waals surface area contributed by atoms with Gasteiger partial charge in [0, 0.05) is 45.2 Å². The summed E-state index contributed by atoms with van der Waals surface area (Å²) in [4.78, 5) is 27.8. The van der Waals surface area contributed by atoms with Crippen LogP contribution in [-0.2, 0) is 4.79 Å². The molecule has 1 aliphatic carbocycles. The molecule has 0 spiro atoms. The van der Waals surface area contributed by atoms with E-state index in [4.69, 9.17) is 21.4 Å². The third-order valence-electron chi connectivity index (χ3n) is 5.71. The maximum atomic E-state index is 12.2. The molecular formula is C22H33ClN2O4. The van der Waals surface area contributed by atoms with E-state index in [9.17, 15) is 9.59 Å². The predicted molar refractivity (Wildman–Crippen MR) is 114 cm³/mol. The van der Waals surface area contributed by atoms with Crippen LogP contribution in [0.25, 0.3) is 0 Å². The molecule has 2 rings (SSSR count). The zero-order valence-corrected chi connectivity index (χ0v) is 18.2. The second-order valence-corrected chi connectivity index (χ2v) is 8.45. The first-order valence-electron chi connectivity index (χ1n) is 10.4. The number of aliphatic hydroxyl groups is 1. The SMILES string of the molecule is CN(CCCO)C(=O)C[C@H]1CC[C@H](CCN(C)C(=O)Oc2ccc(Cl)cc2)CC1. The van der Waals surface area contributed by atoms with E-state index in [2.05, 4.69) is 0 Å². The summed E-state index contributed by atoms with van der Waals surface area (Å²) in [6.07, 6.45) is 6.12. The molecule has 0 radical (unpaired) electrons. The smallest absolute Gasteiger partial charge is 0.410 e. The van der Waals surface area contributed by atoms with Crippen LogP contribution < -0.4 is 4.74 Å². The standard InChI is InChI=1S/C22H33ClN2O4/c1-24(13-3-15-26)21(27)16-18-6-4-17(5-7-18)12-14-25(2)22(28)29-20-10-8-19(23)9-11-20/h8-11,17-18,26H,3-7,12-16H2,1-2H3/t17-,18-. The largest absolute Gasteiger partial charge is 0.414 e. The molecule has 1 aliphatic rings. The van der Waals surface area contributed by atoms with Gasteiger partial charge in [-0.1, -0.05) is 24.4 Å². The summed E-state index contributed by atoms with van der Waals surface area (Å²) in [5.74, 6) is 1.69. The van der Waals surface area contributed by atoms with Crippen LogP contribution in [0.3, 0.4) is 0 Å². The Balaban J connectivity index is 1.65. The van der Waals surface area contributed by atoms with Gasteiger partial charge in [-0.2, -0.15) is 0 Å². The number of aliphatic hydroxyl groups excluding tert-OH is 1. The number of rotatable bonds is 9. The van der Waals surface area contributed by atoms with Gasteiger partial charge in [0.1, 0.15) is 5.75 Å². The second-order valence-electron chi connectivity index (χ2n) is 8.02. The first-order valence-corrected chi connectivity index (χ1v) is 10.8. The Labute approximate surface area is 178 Å². The van der Waals surface area contributed by atoms with Gasteiger partial charge in [-0.3, -0.25) is 4.79 Å². The molecule has 0 unspecified atom stereocenters. The van der Waals surface area contributed by atoms with Crippen molar-refractivity contribution in [3.63, 3.8) is 0 Å². The molecule has 0 aliphatic heterocycles. The Morgan fingerprint density at radius 3 is 2.28 bits per heavy atom. The Bertz CT molecular complexity index is 645. The number of carbonyl (C=O) groups excluding carboxylic acids is 2. The second kappa shape index (κ2) is 12.0. The number of hydrogen-bond acceptors (Lipinski definition) is 4. The average Bonchev–Trinajstić information content (AvgIpc) is 2.72. The first-order chi connectivity index (χ1) is 13.9. The highest BCUT2D eigenvalue weighted by Gasteiger charge is 2.25. The summed E-state index contributed by atoms with van der Waals surface area (Å²) in [7, 11) is 3.56. The van der Waals surface area contributed by atoms with E-state index in [1.807, 2.05) is 7.05 Å². The molecule has 1 fully saturated rings. The van der Waals surface area contributed by atoms with E-state index in [-0.39, 0.29) is 18.6 Å². The topological polar surface area (TPSA) is 70.1 Å². The average molecular weight is 425 g/mol. The van der Waals surface area contributed by atoms with Gasteiger partial charge in [0.2, 0.25) is 5.91 Å². The fourth-order valence-electron chi connectivity index (χ4n) is 3.71. The van der Waals surface area contributed by atoms with Crippen molar-refractivity contribution in [2.75, 3.05) is 33.8 Å². The van der Waals surface area contributed by atoms with Gasteiger partial charge in [0.05, 0.1) is 0 Å². The monoisotopic (exact) mass is 424 g/mol. The van der Waals surface area contributed by atoms with Crippen LogP contribution in [0.2, 0.25) is 5.02 Å². The van der Waals surface area contributed by atoms with E-state index >= 15 is 0 Å². The number of carbonyl (C=O) groups is 2. The molecule has 1 aromatic carbocycles. The minimum Gasteiger partial charge on any atom is -0.410 e. The van der Waals surface area contributed by atoms with Crippen molar-refractivity contribution >= 4 is 23.6 Å². The van der Waals surface area contributed by atoms with Gasteiger partial charge in [-0.15, -0.1) is 0 Å². The van der Waals surface area contributed by atoms with Crippen LogP contribution in [0.15, 0.2) is 24.3 Å². The number of ether oxygens (including phenoxy) is 1. The molecule has 1 N–H and O–H groups in total. The minimum absolute atomic E-state index is 0.115. The summed E-state index contributed by atoms with van der Waals surface area (Å²) >= 11 is 5.84. The van der Waals surface area contributed by atoms with Gasteiger partial charge in [0.15, 0.2) is 0 Å². The quantitative estimate of drug-likeness (QED) is 0.645. The summed E-state index contributed by atoms with van der Waals surface area (Å²) in [5.41, 5.74) is 0. The van der Waals surface area contributed by atoms with Gasteiger partial charge < -0.3 is 19.6 Å². The van der Waals surface area contributed by atoms with Crippen LogP contribution in [-0.4, -0.2) is 60.7 Å². The zero-order chi connectivity index (χ0) is 21.2. The molecule has 2 amide bonds. The van der Waals surface area contributed by atoms with Gasteiger partial charge in [-0.25, -0.2) is 4.79 Å². The van der Waals surface area contributed by atoms with E-state index in [0.717, 1.165) is 32.1 Å². The van der Waals surface area contributed by atoms with Crippen molar-refractivity contribution in [2.24, 2.45) is 11.8 Å². The fraction of sp³-hybridized carbons (Fsp3) is 0.636. The molecule has 0 atom stereocenters. The molecule has 1 aromatic rings. The lowest BCUT2D eigenvalue weighted by molar-refractivity contribution is -0.131. The number of benzene rings is 1. The maximum absolute atomic E-state index is 12.2. The third-order valence-corrected chi connectivity index (χ3v) is 5.96. The molecule has 29 heavy (non-hydrogen) atoms. The van der Waals surface area contributed by atoms with Crippen molar-refractivity contribution < 1.29 is 19.4 Å².